The summed E-state index contributed by atoms with van der Waals surface area (Å²) in [5, 5.41) is 11.5. The number of carbonyl (C=O) groups is 2. The Morgan fingerprint density at radius 2 is 1.87 bits per heavy atom. The van der Waals surface area contributed by atoms with Crippen molar-refractivity contribution >= 4 is 11.9 Å². The lowest BCUT2D eigenvalue weighted by Crippen LogP contribution is -2.46. The van der Waals surface area contributed by atoms with E-state index >= 15 is 0 Å². The summed E-state index contributed by atoms with van der Waals surface area (Å²) < 4.78 is 0. The number of nitrogens with one attached hydrogen (secondary N) is 1. The molecule has 0 radical (unpaired) electrons. The van der Waals surface area contributed by atoms with Gasteiger partial charge in [0.05, 0.1) is 6.54 Å². The fourth-order valence-corrected chi connectivity index (χ4v) is 1.23. The number of carboxylic acids is 1. The first-order valence-corrected chi connectivity index (χ1v) is 5.14. The maximum atomic E-state index is 11.4. The molecule has 0 aromatic rings. The summed E-state index contributed by atoms with van der Waals surface area (Å²) in [4.78, 5) is 23.7. The second-order valence-corrected chi connectivity index (χ2v) is 3.80. The van der Waals surface area contributed by atoms with Gasteiger partial charge in [-0.25, -0.2) is 0 Å². The molecule has 88 valence electrons. The van der Waals surface area contributed by atoms with E-state index < -0.39 is 12.0 Å². The van der Waals surface area contributed by atoms with Gasteiger partial charge in [0.25, 0.3) is 0 Å². The summed E-state index contributed by atoms with van der Waals surface area (Å²) >= 11 is 0. The van der Waals surface area contributed by atoms with Gasteiger partial charge in [-0.2, -0.15) is 0 Å². The van der Waals surface area contributed by atoms with Crippen LogP contribution in [0.2, 0.25) is 0 Å². The molecule has 15 heavy (non-hydrogen) atoms. The minimum atomic E-state index is -0.908. The van der Waals surface area contributed by atoms with Gasteiger partial charge in [-0.3, -0.25) is 14.5 Å². The zero-order chi connectivity index (χ0) is 12.0. The lowest BCUT2D eigenvalue weighted by atomic mass is 10.2. The van der Waals surface area contributed by atoms with Gasteiger partial charge in [0.2, 0.25) is 5.91 Å². The summed E-state index contributed by atoms with van der Waals surface area (Å²) in [6.45, 7) is 7.82. The fourth-order valence-electron chi connectivity index (χ4n) is 1.23. The third-order valence-corrected chi connectivity index (χ3v) is 2.11. The van der Waals surface area contributed by atoms with Crippen LogP contribution in [0.25, 0.3) is 0 Å². The second-order valence-electron chi connectivity index (χ2n) is 3.80. The van der Waals surface area contributed by atoms with Gasteiger partial charge in [0.15, 0.2) is 0 Å². The molecule has 0 rings (SSSR count). The number of carbonyl (C=O) groups excluding carboxylic acids is 1. The Morgan fingerprint density at radius 1 is 1.33 bits per heavy atom. The Bertz CT molecular complexity index is 229. The van der Waals surface area contributed by atoms with Crippen LogP contribution in [0.5, 0.6) is 0 Å². The van der Waals surface area contributed by atoms with Crippen molar-refractivity contribution in [2.45, 2.75) is 39.8 Å². The molecule has 5 heteroatoms. The van der Waals surface area contributed by atoms with E-state index in [1.54, 1.807) is 11.8 Å². The van der Waals surface area contributed by atoms with Crippen molar-refractivity contribution < 1.29 is 14.7 Å². The van der Waals surface area contributed by atoms with Gasteiger partial charge in [0.1, 0.15) is 6.04 Å². The summed E-state index contributed by atoms with van der Waals surface area (Å²) in [6, 6.07) is -0.552. The first-order chi connectivity index (χ1) is 6.88. The maximum Gasteiger partial charge on any atom is 0.320 e. The van der Waals surface area contributed by atoms with E-state index in [-0.39, 0.29) is 18.5 Å². The van der Waals surface area contributed by atoms with Crippen molar-refractivity contribution in [3.05, 3.63) is 0 Å². The number of rotatable bonds is 6. The van der Waals surface area contributed by atoms with Gasteiger partial charge < -0.3 is 10.4 Å². The highest BCUT2D eigenvalue weighted by Crippen LogP contribution is 1.98. The molecule has 0 spiro atoms. The van der Waals surface area contributed by atoms with Crippen molar-refractivity contribution in [2.75, 3.05) is 13.1 Å². The Morgan fingerprint density at radius 3 is 2.20 bits per heavy atom. The van der Waals surface area contributed by atoms with Gasteiger partial charge in [0, 0.05) is 6.04 Å². The normalized spacial score (nSPS) is 12.9. The molecule has 0 bridgehead atoms. The SMILES string of the molecule is CCN(CC(=O)NC(C)C)C(C)C(=O)O. The lowest BCUT2D eigenvalue weighted by molar-refractivity contribution is -0.143. The Hall–Kier alpha value is -1.10. The van der Waals surface area contributed by atoms with Crippen LogP contribution in [-0.4, -0.2) is 47.1 Å². The topological polar surface area (TPSA) is 69.6 Å². The van der Waals surface area contributed by atoms with Crippen molar-refractivity contribution in [1.29, 1.82) is 0 Å². The van der Waals surface area contributed by atoms with Gasteiger partial charge in [-0.15, -0.1) is 0 Å². The van der Waals surface area contributed by atoms with Gasteiger partial charge >= 0.3 is 5.97 Å². The van der Waals surface area contributed by atoms with Crippen LogP contribution in [-0.2, 0) is 9.59 Å². The zero-order valence-electron chi connectivity index (χ0n) is 9.78. The molecular weight excluding hydrogens is 196 g/mol. The number of nitrogens with zero attached hydrogens (tertiary/aromatic N) is 1. The third-order valence-electron chi connectivity index (χ3n) is 2.11. The van der Waals surface area contributed by atoms with E-state index in [4.69, 9.17) is 5.11 Å². The molecule has 0 aliphatic heterocycles. The first-order valence-electron chi connectivity index (χ1n) is 5.14. The van der Waals surface area contributed by atoms with E-state index in [9.17, 15) is 9.59 Å². The number of aliphatic carboxylic acids is 1. The van der Waals surface area contributed by atoms with Gasteiger partial charge in [-0.1, -0.05) is 6.92 Å². The quantitative estimate of drug-likeness (QED) is 0.670. The fraction of sp³-hybridized carbons (Fsp3) is 0.800. The zero-order valence-corrected chi connectivity index (χ0v) is 9.78. The lowest BCUT2D eigenvalue weighted by Gasteiger charge is -2.24. The predicted molar refractivity (Wildman–Crippen MR) is 57.6 cm³/mol. The van der Waals surface area contributed by atoms with Crippen LogP contribution in [0.4, 0.5) is 0 Å². The standard InChI is InChI=1S/C10H20N2O3/c1-5-12(8(4)10(14)15)6-9(13)11-7(2)3/h7-8H,5-6H2,1-4H3,(H,11,13)(H,14,15). The van der Waals surface area contributed by atoms with E-state index in [0.29, 0.717) is 6.54 Å². The van der Waals surface area contributed by atoms with Crippen LogP contribution in [0.3, 0.4) is 0 Å². The van der Waals surface area contributed by atoms with Crippen LogP contribution in [0.15, 0.2) is 0 Å². The molecule has 5 nitrogen and oxygen atoms in total. The molecule has 1 amide bonds. The Kier molecular flexibility index (Phi) is 5.93. The number of amides is 1. The summed E-state index contributed by atoms with van der Waals surface area (Å²) in [6.07, 6.45) is 0. The monoisotopic (exact) mass is 216 g/mol. The molecule has 0 saturated heterocycles. The average Bonchev–Trinajstić information content (AvgIpc) is 2.11. The minimum absolute atomic E-state index is 0.0799. The Balaban J connectivity index is 4.21. The highest BCUT2D eigenvalue weighted by atomic mass is 16.4. The van der Waals surface area contributed by atoms with Crippen LogP contribution in [0.1, 0.15) is 27.7 Å². The van der Waals surface area contributed by atoms with Crippen molar-refractivity contribution in [1.82, 2.24) is 10.2 Å². The van der Waals surface area contributed by atoms with Crippen molar-refractivity contribution in [3.63, 3.8) is 0 Å². The smallest absolute Gasteiger partial charge is 0.320 e. The highest BCUT2D eigenvalue weighted by Gasteiger charge is 2.21. The van der Waals surface area contributed by atoms with Crippen LogP contribution < -0.4 is 5.32 Å². The molecule has 2 N–H and O–H groups in total. The van der Waals surface area contributed by atoms with Crippen LogP contribution >= 0.6 is 0 Å². The molecule has 1 atom stereocenters. The van der Waals surface area contributed by atoms with Crippen LogP contribution in [0, 0.1) is 0 Å². The summed E-state index contributed by atoms with van der Waals surface area (Å²) in [5.41, 5.74) is 0. The first kappa shape index (κ1) is 13.9. The Labute approximate surface area is 90.5 Å². The average molecular weight is 216 g/mol. The molecule has 0 aromatic heterocycles. The number of likely N-dealkylation sites (N-methyl/N-ethyl adjacent to an activating group) is 1. The van der Waals surface area contributed by atoms with E-state index in [2.05, 4.69) is 5.32 Å². The van der Waals surface area contributed by atoms with Gasteiger partial charge in [-0.05, 0) is 27.3 Å². The van der Waals surface area contributed by atoms with E-state index in [1.807, 2.05) is 20.8 Å². The molecule has 0 aliphatic carbocycles. The highest BCUT2D eigenvalue weighted by molar-refractivity contribution is 5.79. The number of hydrogen-bond acceptors (Lipinski definition) is 3. The third kappa shape index (κ3) is 5.37. The number of carboxylic acid groups (broad SMARTS) is 1. The molecule has 0 heterocycles. The number of hydrogen-bond donors (Lipinski definition) is 2. The molecule has 0 aromatic carbocycles. The molecule has 1 unspecified atom stereocenters. The molecular formula is C10H20N2O3. The summed E-state index contributed by atoms with van der Waals surface area (Å²) in [7, 11) is 0. The molecule has 0 fully saturated rings. The predicted octanol–water partition coefficient (Wildman–Crippen LogP) is 0.306. The second kappa shape index (κ2) is 6.40. The molecule has 0 aliphatic rings. The largest absolute Gasteiger partial charge is 0.480 e. The van der Waals surface area contributed by atoms with Crippen molar-refractivity contribution in [3.8, 4) is 0 Å². The van der Waals surface area contributed by atoms with E-state index in [1.165, 1.54) is 0 Å². The minimum Gasteiger partial charge on any atom is -0.480 e. The maximum absolute atomic E-state index is 11.4. The van der Waals surface area contributed by atoms with E-state index in [0.717, 1.165) is 0 Å². The summed E-state index contributed by atoms with van der Waals surface area (Å²) in [5.74, 6) is -1.05. The molecule has 0 saturated carbocycles. The van der Waals surface area contributed by atoms with Crippen molar-refractivity contribution in [2.24, 2.45) is 0 Å².